The summed E-state index contributed by atoms with van der Waals surface area (Å²) in [4.78, 5) is 0. The van der Waals surface area contributed by atoms with Crippen LogP contribution in [0.3, 0.4) is 0 Å². The average Bonchev–Trinajstić information content (AvgIpc) is 3.66. The van der Waals surface area contributed by atoms with Crippen LogP contribution in [-0.4, -0.2) is 67.1 Å². The highest BCUT2D eigenvalue weighted by molar-refractivity contribution is 5.70. The standard InChI is InChI=1S/C43H51NO9/c1-44-23-28-20-39-34(22-38(28)50-3)42(48)40(37(53-39)12-7-15-49-2)36-24-51-43-27(19-32(21-35(43)41(36)47)52-31-10-4-5-11-31)16-26-18-30(46)13-14-33(26)25-8-6-9-29(45)17-25/h6,8-9,13-14,17-22,31,36-37,40-42,44-48H,4-5,7,10-12,15-16,23-24H2,1-3H3/t36-,37+,40+,41+,42-/m0/s1. The molecule has 5 atom stereocenters. The first-order valence-corrected chi connectivity index (χ1v) is 18.7. The van der Waals surface area contributed by atoms with Crippen molar-refractivity contribution in [3.63, 3.8) is 0 Å². The normalized spacial score (nSPS) is 22.4. The molecular formula is C43H51NO9. The number of aromatic hydroxyl groups is 2. The number of benzene rings is 4. The second kappa shape index (κ2) is 16.3. The number of fused-ring (bicyclic) bond motifs is 2. The summed E-state index contributed by atoms with van der Waals surface area (Å²) >= 11 is 0. The van der Waals surface area contributed by atoms with E-state index in [4.69, 9.17) is 23.7 Å². The molecule has 4 aromatic rings. The van der Waals surface area contributed by atoms with Crippen molar-refractivity contribution in [1.29, 1.82) is 0 Å². The summed E-state index contributed by atoms with van der Waals surface area (Å²) < 4.78 is 31.0. The lowest BCUT2D eigenvalue weighted by molar-refractivity contribution is -0.0890. The molecule has 0 amide bonds. The molecule has 2 heterocycles. The summed E-state index contributed by atoms with van der Waals surface area (Å²) in [6, 6.07) is 19.9. The van der Waals surface area contributed by atoms with Gasteiger partial charge in [-0.25, -0.2) is 0 Å². The SMILES string of the molecule is CNCc1cc2c(cc1OC)[C@H](O)[C@H]([C@@H]1COc3c(Cc4cc(O)ccc4-c4cccc(O)c4)cc(OC4CCCC4)cc3[C@H]1O)[C@@H](CCCOC)O2. The summed E-state index contributed by atoms with van der Waals surface area (Å²) in [6.45, 7) is 1.27. The number of nitrogens with one attached hydrogen (secondary N) is 1. The van der Waals surface area contributed by atoms with E-state index < -0.39 is 30.1 Å². The Hall–Kier alpha value is -4.48. The molecule has 0 bridgehead atoms. The summed E-state index contributed by atoms with van der Waals surface area (Å²) in [7, 11) is 5.15. The molecule has 1 saturated carbocycles. The number of aliphatic hydroxyl groups excluding tert-OH is 2. The van der Waals surface area contributed by atoms with Crippen LogP contribution in [0.15, 0.2) is 66.7 Å². The van der Waals surface area contributed by atoms with E-state index in [1.165, 1.54) is 0 Å². The van der Waals surface area contributed by atoms with Crippen LogP contribution in [0.5, 0.6) is 34.5 Å². The highest BCUT2D eigenvalue weighted by Gasteiger charge is 2.48. The largest absolute Gasteiger partial charge is 0.508 e. The Morgan fingerprint density at radius 2 is 1.66 bits per heavy atom. The van der Waals surface area contributed by atoms with Crippen LogP contribution in [0, 0.1) is 11.8 Å². The van der Waals surface area contributed by atoms with Gasteiger partial charge in [-0.1, -0.05) is 18.2 Å². The van der Waals surface area contributed by atoms with Gasteiger partial charge in [0.25, 0.3) is 0 Å². The zero-order valence-electron chi connectivity index (χ0n) is 30.7. The molecule has 0 aromatic heterocycles. The third-order valence-electron chi connectivity index (χ3n) is 11.0. The second-order valence-corrected chi connectivity index (χ2v) is 14.6. The van der Waals surface area contributed by atoms with Crippen molar-refractivity contribution in [3.8, 4) is 45.6 Å². The van der Waals surface area contributed by atoms with Crippen molar-refractivity contribution in [2.75, 3.05) is 34.5 Å². The summed E-state index contributed by atoms with van der Waals surface area (Å²) in [5, 5.41) is 48.6. The van der Waals surface area contributed by atoms with Crippen molar-refractivity contribution in [2.45, 2.75) is 75.9 Å². The number of phenols is 2. The van der Waals surface area contributed by atoms with Crippen molar-refractivity contribution in [2.24, 2.45) is 11.8 Å². The fraction of sp³-hybridized carbons (Fsp3) is 0.442. The Bertz CT molecular complexity index is 1890. The molecule has 282 valence electrons. The molecule has 5 N–H and O–H groups in total. The molecule has 4 aromatic carbocycles. The van der Waals surface area contributed by atoms with E-state index in [-0.39, 0.29) is 24.2 Å². The van der Waals surface area contributed by atoms with Gasteiger partial charge >= 0.3 is 0 Å². The molecule has 7 rings (SSSR count). The minimum atomic E-state index is -1.00. The van der Waals surface area contributed by atoms with Gasteiger partial charge in [-0.05, 0) is 111 Å². The van der Waals surface area contributed by atoms with Gasteiger partial charge in [0.1, 0.15) is 40.6 Å². The van der Waals surface area contributed by atoms with Crippen molar-refractivity contribution < 1.29 is 44.1 Å². The molecular weight excluding hydrogens is 674 g/mol. The molecule has 10 heteroatoms. The van der Waals surface area contributed by atoms with Crippen LogP contribution in [0.1, 0.15) is 78.6 Å². The first-order valence-electron chi connectivity index (χ1n) is 18.7. The topological polar surface area (TPSA) is 139 Å². The first-order chi connectivity index (χ1) is 25.8. The van der Waals surface area contributed by atoms with Crippen LogP contribution in [-0.2, 0) is 17.7 Å². The number of phenolic OH excluding ortho intramolecular Hbond substituents is 2. The Morgan fingerprint density at radius 3 is 2.42 bits per heavy atom. The van der Waals surface area contributed by atoms with Gasteiger partial charge in [0.2, 0.25) is 0 Å². The van der Waals surface area contributed by atoms with Gasteiger partial charge in [-0.15, -0.1) is 0 Å². The Labute approximate surface area is 311 Å². The van der Waals surface area contributed by atoms with Crippen molar-refractivity contribution in [3.05, 3.63) is 94.5 Å². The first kappa shape index (κ1) is 36.9. The van der Waals surface area contributed by atoms with Crippen LogP contribution < -0.4 is 24.3 Å². The maximum Gasteiger partial charge on any atom is 0.128 e. The zero-order chi connectivity index (χ0) is 37.1. The Kier molecular flexibility index (Phi) is 11.3. The zero-order valence-corrected chi connectivity index (χ0v) is 30.7. The molecule has 10 nitrogen and oxygen atoms in total. The number of methoxy groups -OCH3 is 2. The minimum Gasteiger partial charge on any atom is -0.508 e. The predicted octanol–water partition coefficient (Wildman–Crippen LogP) is 6.98. The van der Waals surface area contributed by atoms with Gasteiger partial charge in [-0.2, -0.15) is 0 Å². The van der Waals surface area contributed by atoms with Crippen LogP contribution in [0.4, 0.5) is 0 Å². The van der Waals surface area contributed by atoms with Gasteiger partial charge < -0.3 is 49.4 Å². The fourth-order valence-electron chi connectivity index (χ4n) is 8.50. The van der Waals surface area contributed by atoms with E-state index in [1.807, 2.05) is 43.4 Å². The van der Waals surface area contributed by atoms with Crippen molar-refractivity contribution in [1.82, 2.24) is 5.32 Å². The van der Waals surface area contributed by atoms with E-state index in [1.54, 1.807) is 44.6 Å². The molecule has 1 fully saturated rings. The monoisotopic (exact) mass is 725 g/mol. The van der Waals surface area contributed by atoms with Crippen molar-refractivity contribution >= 4 is 0 Å². The maximum absolute atomic E-state index is 12.4. The van der Waals surface area contributed by atoms with Gasteiger partial charge in [0, 0.05) is 60.8 Å². The quantitative estimate of drug-likeness (QED) is 0.0918. The van der Waals surface area contributed by atoms with E-state index in [9.17, 15) is 20.4 Å². The molecule has 1 aliphatic carbocycles. The number of rotatable bonds is 13. The Balaban J connectivity index is 1.27. The van der Waals surface area contributed by atoms with Crippen LogP contribution >= 0.6 is 0 Å². The number of aliphatic hydroxyl groups is 2. The molecule has 2 aliphatic heterocycles. The second-order valence-electron chi connectivity index (χ2n) is 14.6. The maximum atomic E-state index is 12.4. The highest BCUT2D eigenvalue weighted by Crippen LogP contribution is 2.52. The molecule has 0 unspecified atom stereocenters. The van der Waals surface area contributed by atoms with E-state index in [0.29, 0.717) is 66.5 Å². The lowest BCUT2D eigenvalue weighted by Gasteiger charge is -2.45. The lowest BCUT2D eigenvalue weighted by Crippen LogP contribution is -2.46. The molecule has 53 heavy (non-hydrogen) atoms. The van der Waals surface area contributed by atoms with Gasteiger partial charge in [0.05, 0.1) is 32.0 Å². The predicted molar refractivity (Wildman–Crippen MR) is 201 cm³/mol. The molecule has 0 spiro atoms. The van der Waals surface area contributed by atoms with Gasteiger partial charge in [-0.3, -0.25) is 0 Å². The third-order valence-corrected chi connectivity index (χ3v) is 11.0. The lowest BCUT2D eigenvalue weighted by atomic mass is 9.72. The molecule has 3 aliphatic rings. The smallest absolute Gasteiger partial charge is 0.128 e. The molecule has 0 saturated heterocycles. The van der Waals surface area contributed by atoms with Crippen LogP contribution in [0.2, 0.25) is 0 Å². The van der Waals surface area contributed by atoms with E-state index in [0.717, 1.165) is 53.5 Å². The summed E-state index contributed by atoms with van der Waals surface area (Å²) in [6.07, 6.45) is 3.58. The Morgan fingerprint density at radius 1 is 0.849 bits per heavy atom. The highest BCUT2D eigenvalue weighted by atomic mass is 16.5. The third kappa shape index (κ3) is 7.78. The number of ether oxygens (including phenoxy) is 5. The van der Waals surface area contributed by atoms with E-state index in [2.05, 4.69) is 5.32 Å². The number of hydrogen-bond donors (Lipinski definition) is 5. The summed E-state index contributed by atoms with van der Waals surface area (Å²) in [5.74, 6) is 1.73. The minimum absolute atomic E-state index is 0.0833. The average molecular weight is 726 g/mol. The number of hydrogen-bond acceptors (Lipinski definition) is 10. The van der Waals surface area contributed by atoms with Crippen LogP contribution in [0.25, 0.3) is 11.1 Å². The summed E-state index contributed by atoms with van der Waals surface area (Å²) in [5.41, 5.74) is 5.45. The molecule has 0 radical (unpaired) electrons. The van der Waals surface area contributed by atoms with E-state index >= 15 is 0 Å². The van der Waals surface area contributed by atoms with Gasteiger partial charge in [0.15, 0.2) is 0 Å². The fourth-order valence-corrected chi connectivity index (χ4v) is 8.50.